The molecule has 394 valence electrons. The molecule has 0 unspecified atom stereocenters. The van der Waals surface area contributed by atoms with Crippen molar-refractivity contribution in [1.29, 1.82) is 0 Å². The van der Waals surface area contributed by atoms with Gasteiger partial charge < -0.3 is 23.4 Å². The number of benzene rings is 2. The number of esters is 1. The first kappa shape index (κ1) is 60.6. The van der Waals surface area contributed by atoms with Crippen molar-refractivity contribution in [2.24, 2.45) is 0 Å². The minimum atomic E-state index is -8.73. The van der Waals surface area contributed by atoms with E-state index in [9.17, 15) is 84.2 Å². The molecule has 0 radical (unpaired) electrons. The van der Waals surface area contributed by atoms with Crippen LogP contribution >= 0.6 is 0 Å². The lowest BCUT2D eigenvalue weighted by atomic mass is 9.88. The monoisotopic (exact) mass is 1050 g/mol. The van der Waals surface area contributed by atoms with Gasteiger partial charge in [-0.3, -0.25) is 5.32 Å². The van der Waals surface area contributed by atoms with Crippen molar-refractivity contribution >= 4 is 26.1 Å². The molecule has 1 amide bonds. The minimum Gasteiger partial charge on any atom is -0.491 e. The second-order valence-electron chi connectivity index (χ2n) is 15.9. The average molecular weight is 1050 g/mol. The van der Waals surface area contributed by atoms with Gasteiger partial charge in [0.15, 0.2) is 14.4 Å². The number of carbonyl (C=O) groups is 2. The van der Waals surface area contributed by atoms with Crippen LogP contribution in [0.3, 0.4) is 0 Å². The second kappa shape index (κ2) is 21.9. The first-order chi connectivity index (χ1) is 31.2. The Kier molecular flexibility index (Phi) is 19.2. The molecule has 0 aliphatic heterocycles. The Morgan fingerprint density at radius 3 is 1.62 bits per heavy atom. The molecule has 0 aliphatic rings. The highest BCUT2D eigenvalue weighted by molar-refractivity contribution is 6.76. The number of carbonyl (C=O) groups excluding carboxylic acids is 2. The third-order valence-electron chi connectivity index (χ3n) is 11.0. The number of ether oxygens (including phenoxy) is 4. The molecule has 0 fully saturated rings. The number of hydrogen-bond acceptors (Lipinski definition) is 7. The Hall–Kier alpha value is -4.47. The molecule has 2 atom stereocenters. The number of hydrogen-bond donors (Lipinski definition) is 1. The van der Waals surface area contributed by atoms with Crippen LogP contribution in [0.1, 0.15) is 66.6 Å². The van der Waals surface area contributed by atoms with Crippen LogP contribution in [0, 0.1) is 11.6 Å². The van der Waals surface area contributed by atoms with Gasteiger partial charge >= 0.3 is 59.7 Å². The van der Waals surface area contributed by atoms with Gasteiger partial charge in [-0.2, -0.15) is 74.6 Å². The topological polar surface area (TPSA) is 92.3 Å². The van der Waals surface area contributed by atoms with Gasteiger partial charge in [0.2, 0.25) is 0 Å². The number of anilines is 1. The zero-order valence-corrected chi connectivity index (χ0v) is 38.4. The van der Waals surface area contributed by atoms with Crippen LogP contribution in [0.2, 0.25) is 17.1 Å². The molecule has 0 saturated heterocycles. The largest absolute Gasteiger partial charge is 0.491 e. The number of amides is 1. The summed E-state index contributed by atoms with van der Waals surface area (Å²) in [6, 6.07) is 6.01. The van der Waals surface area contributed by atoms with Crippen LogP contribution in [-0.4, -0.2) is 101 Å². The first-order valence-electron chi connectivity index (χ1n) is 20.1. The van der Waals surface area contributed by atoms with E-state index in [1.807, 2.05) is 0 Å². The lowest BCUT2D eigenvalue weighted by Crippen LogP contribution is -2.74. The van der Waals surface area contributed by atoms with Crippen molar-refractivity contribution in [2.75, 3.05) is 32.2 Å². The second-order valence-corrected chi connectivity index (χ2v) is 20.9. The normalized spacial score (nSPS) is 15.2. The molecule has 0 aromatic heterocycles. The van der Waals surface area contributed by atoms with Crippen molar-refractivity contribution in [3.63, 3.8) is 0 Å². The van der Waals surface area contributed by atoms with E-state index in [-0.39, 0.29) is 29.1 Å². The quantitative estimate of drug-likeness (QED) is 0.0368. The summed E-state index contributed by atoms with van der Waals surface area (Å²) in [6.45, 7) is 8.37. The molecule has 0 bridgehead atoms. The fourth-order valence-corrected chi connectivity index (χ4v) is 11.3. The van der Waals surface area contributed by atoms with Gasteiger partial charge in [0.05, 0.1) is 18.9 Å². The van der Waals surface area contributed by atoms with Gasteiger partial charge in [-0.1, -0.05) is 39.8 Å². The Morgan fingerprint density at radius 2 is 1.17 bits per heavy atom. The molecule has 0 heterocycles. The van der Waals surface area contributed by atoms with Crippen molar-refractivity contribution in [1.82, 2.24) is 0 Å². The fraction of sp³-hybridized carbons (Fsp3) is 0.610. The van der Waals surface area contributed by atoms with Crippen LogP contribution in [0.4, 0.5) is 93.9 Å². The summed E-state index contributed by atoms with van der Waals surface area (Å²) in [6.07, 6.45) is -14.4. The van der Waals surface area contributed by atoms with Crippen molar-refractivity contribution in [3.05, 3.63) is 70.8 Å². The van der Waals surface area contributed by atoms with E-state index in [1.54, 1.807) is 6.92 Å². The first-order valence-corrected chi connectivity index (χ1v) is 22.4. The zero-order valence-electron chi connectivity index (χ0n) is 37.4. The van der Waals surface area contributed by atoms with Gasteiger partial charge in [-0.05, 0) is 73.3 Å². The predicted molar refractivity (Wildman–Crippen MR) is 209 cm³/mol. The third kappa shape index (κ3) is 12.0. The van der Waals surface area contributed by atoms with Crippen LogP contribution in [0.5, 0.6) is 5.75 Å². The van der Waals surface area contributed by atoms with Crippen LogP contribution in [0.15, 0.2) is 53.6 Å². The average Bonchev–Trinajstić information content (AvgIpc) is 3.23. The molecule has 1 N–H and O–H groups in total. The summed E-state index contributed by atoms with van der Waals surface area (Å²) >= 11 is 0. The molecule has 2 aromatic carbocycles. The number of alkyl halides is 17. The van der Waals surface area contributed by atoms with Crippen LogP contribution in [0.25, 0.3) is 0 Å². The number of nitrogens with one attached hydrogen (secondary N) is 1. The van der Waals surface area contributed by atoms with E-state index in [4.69, 9.17) is 23.4 Å². The number of halogens is 19. The number of methoxy groups -OCH3 is 1. The summed E-state index contributed by atoms with van der Waals surface area (Å²) in [5.41, 5.74) is -1.98. The minimum absolute atomic E-state index is 0.00561. The molecule has 28 heteroatoms. The third-order valence-corrected chi connectivity index (χ3v) is 16.7. The van der Waals surface area contributed by atoms with E-state index >= 15 is 8.78 Å². The molecule has 0 aliphatic carbocycles. The standard InChI is InChI=1S/C41H46F19NO7Si/c1-9-65-32(62)24(7)23(6)30(64-8)31(68-33(63)61-29-15-12-26(42)20-28(29)43)25-10-13-27(14-11-25)66-17-18-67-69(21(2)3,22(4)5)19-16-34(44,45)35(46,47)36(48,49)37(50,51)38(52,53)39(54,55)40(56,57)41(58,59)60/h10-15,20-22,30-31H,9,16-19H2,1-8H3,(H,61,63)/b24-23+/t30-,31-/m0/s1. The molecule has 0 spiro atoms. The summed E-state index contributed by atoms with van der Waals surface area (Å²) in [4.78, 5) is 25.6. The molecule has 2 aromatic rings. The lowest BCUT2D eigenvalue weighted by Gasteiger charge is -2.44. The van der Waals surface area contributed by atoms with E-state index in [0.717, 1.165) is 12.1 Å². The van der Waals surface area contributed by atoms with E-state index in [0.29, 0.717) is 6.07 Å². The Labute approximate surface area is 382 Å². The molecule has 0 saturated carbocycles. The summed E-state index contributed by atoms with van der Waals surface area (Å²) < 4.78 is 292. The molecular weight excluding hydrogens is 1010 g/mol. The molecule has 8 nitrogen and oxygen atoms in total. The highest BCUT2D eigenvalue weighted by atomic mass is 28.4. The highest BCUT2D eigenvalue weighted by Gasteiger charge is 2.95. The fourth-order valence-electron chi connectivity index (χ4n) is 6.79. The molecule has 69 heavy (non-hydrogen) atoms. The molecular formula is C41H46F19NO7Si. The van der Waals surface area contributed by atoms with E-state index in [2.05, 4.69) is 5.32 Å². The van der Waals surface area contributed by atoms with Gasteiger partial charge in [0.1, 0.15) is 30.1 Å². The van der Waals surface area contributed by atoms with Crippen molar-refractivity contribution in [3.8, 4) is 5.75 Å². The highest BCUT2D eigenvalue weighted by Crippen LogP contribution is 2.64. The van der Waals surface area contributed by atoms with Crippen LogP contribution in [-0.2, 0) is 23.4 Å². The zero-order chi connectivity index (χ0) is 53.7. The maximum Gasteiger partial charge on any atom is 0.460 e. The summed E-state index contributed by atoms with van der Waals surface area (Å²) in [5.74, 6) is -59.9. The Balaban J connectivity index is 2.39. The summed E-state index contributed by atoms with van der Waals surface area (Å²) in [7, 11) is -2.89. The van der Waals surface area contributed by atoms with E-state index in [1.165, 1.54) is 72.9 Å². The number of rotatable bonds is 24. The lowest BCUT2D eigenvalue weighted by molar-refractivity contribution is -0.461. The Morgan fingerprint density at radius 1 is 0.681 bits per heavy atom. The predicted octanol–water partition coefficient (Wildman–Crippen LogP) is 13.7. The van der Waals surface area contributed by atoms with Crippen molar-refractivity contribution < 1.29 is 116 Å². The van der Waals surface area contributed by atoms with Gasteiger partial charge in [0.25, 0.3) is 0 Å². The van der Waals surface area contributed by atoms with Crippen LogP contribution < -0.4 is 10.1 Å². The maximum atomic E-state index is 15.0. The SMILES string of the molecule is CCOC(=O)/C(C)=C(\C)[C@H](OC)[C@@H](OC(=O)Nc1ccc(F)cc1F)c1ccc(OCCO[Si](CCC(F)(F)C(F)(F)C(F)(F)C(F)(F)C(F)(F)C(F)(F)C(F)(F)C(F)(F)F)(C(C)C)C(C)C)cc1. The van der Waals surface area contributed by atoms with Gasteiger partial charge in [-0.25, -0.2) is 18.4 Å². The van der Waals surface area contributed by atoms with Crippen molar-refractivity contribution in [2.45, 2.75) is 132 Å². The Bertz CT molecular complexity index is 2090. The van der Waals surface area contributed by atoms with Gasteiger partial charge in [-0.15, -0.1) is 0 Å². The van der Waals surface area contributed by atoms with E-state index < -0.39 is 134 Å². The maximum absolute atomic E-state index is 15.0. The van der Waals surface area contributed by atoms with Gasteiger partial charge in [0, 0.05) is 25.2 Å². The summed E-state index contributed by atoms with van der Waals surface area (Å²) in [5, 5.41) is 2.11. The smallest absolute Gasteiger partial charge is 0.460 e. The molecule has 2 rings (SSSR count).